The maximum absolute atomic E-state index is 12.4. The van der Waals surface area contributed by atoms with Gasteiger partial charge in [-0.3, -0.25) is 9.69 Å². The zero-order valence-corrected chi connectivity index (χ0v) is 17.6. The van der Waals surface area contributed by atoms with Crippen molar-refractivity contribution in [1.82, 2.24) is 14.8 Å². The fourth-order valence-corrected chi connectivity index (χ4v) is 4.47. The second-order valence-electron chi connectivity index (χ2n) is 7.54. The van der Waals surface area contributed by atoms with Crippen LogP contribution in [0, 0.1) is 0 Å². The van der Waals surface area contributed by atoms with E-state index in [0.717, 1.165) is 42.5 Å². The summed E-state index contributed by atoms with van der Waals surface area (Å²) in [5.41, 5.74) is 2.52. The van der Waals surface area contributed by atoms with Gasteiger partial charge in [-0.2, -0.15) is 0 Å². The second kappa shape index (κ2) is 8.93. The fourth-order valence-electron chi connectivity index (χ4n) is 3.98. The molecule has 1 amide bonds. The molecule has 0 bridgehead atoms. The number of carbonyl (C=O) groups excluding carboxylic acids is 1. The van der Waals surface area contributed by atoms with Crippen molar-refractivity contribution in [3.63, 3.8) is 0 Å². The van der Waals surface area contributed by atoms with E-state index in [2.05, 4.69) is 79.4 Å². The minimum absolute atomic E-state index is 0.151. The molecule has 0 aliphatic carbocycles. The number of nitrogens with one attached hydrogen (secondary N) is 1. The number of halogens is 1. The molecule has 1 aliphatic heterocycles. The molecule has 28 heavy (non-hydrogen) atoms. The smallest absolute Gasteiger partial charge is 0.222 e. The predicted molar refractivity (Wildman–Crippen MR) is 117 cm³/mol. The van der Waals surface area contributed by atoms with Crippen molar-refractivity contribution in [2.24, 2.45) is 0 Å². The van der Waals surface area contributed by atoms with Gasteiger partial charge in [0.05, 0.1) is 0 Å². The molecular formula is C23H26BrN3O. The van der Waals surface area contributed by atoms with Gasteiger partial charge in [-0.15, -0.1) is 0 Å². The minimum Gasteiger partial charge on any atom is -0.353 e. The lowest BCUT2D eigenvalue weighted by molar-refractivity contribution is -0.122. The van der Waals surface area contributed by atoms with Crippen molar-refractivity contribution in [3.05, 3.63) is 70.8 Å². The Kier molecular flexibility index (Phi) is 6.13. The van der Waals surface area contributed by atoms with Gasteiger partial charge in [0.2, 0.25) is 5.91 Å². The number of carbonyl (C=O) groups is 1. The van der Waals surface area contributed by atoms with E-state index in [1.807, 2.05) is 12.1 Å². The molecular weight excluding hydrogens is 414 g/mol. The van der Waals surface area contributed by atoms with Gasteiger partial charge in [0.15, 0.2) is 0 Å². The van der Waals surface area contributed by atoms with Crippen LogP contribution in [-0.4, -0.2) is 34.5 Å². The lowest BCUT2D eigenvalue weighted by atomic mass is 10.0. The Morgan fingerprint density at radius 1 is 1.04 bits per heavy atom. The quantitative estimate of drug-likeness (QED) is 0.610. The number of hydrogen-bond acceptors (Lipinski definition) is 2. The van der Waals surface area contributed by atoms with Crippen LogP contribution in [0.5, 0.6) is 0 Å². The molecule has 1 aliphatic rings. The Bertz CT molecular complexity index is 929. The molecule has 1 saturated heterocycles. The summed E-state index contributed by atoms with van der Waals surface area (Å²) in [6, 6.07) is 19.2. The van der Waals surface area contributed by atoms with Crippen LogP contribution in [0.3, 0.4) is 0 Å². The first-order valence-corrected chi connectivity index (χ1v) is 10.8. The molecule has 1 N–H and O–H groups in total. The largest absolute Gasteiger partial charge is 0.353 e. The standard InChI is InChI=1S/C23H26BrN3O/c24-21-7-4-8-22-20(21)11-15-27(22)16-12-23(28)25-19-9-13-26(14-10-19)17-18-5-2-1-3-6-18/h1-8,11,15,19H,9-10,12-14,16-17H2,(H,25,28). The van der Waals surface area contributed by atoms with E-state index < -0.39 is 0 Å². The van der Waals surface area contributed by atoms with Crippen molar-refractivity contribution >= 4 is 32.7 Å². The van der Waals surface area contributed by atoms with Crippen LogP contribution in [0.2, 0.25) is 0 Å². The molecule has 146 valence electrons. The third-order valence-electron chi connectivity index (χ3n) is 5.54. The van der Waals surface area contributed by atoms with Gasteiger partial charge in [-0.1, -0.05) is 52.3 Å². The maximum atomic E-state index is 12.4. The van der Waals surface area contributed by atoms with Crippen molar-refractivity contribution in [2.75, 3.05) is 13.1 Å². The molecule has 0 radical (unpaired) electrons. The highest BCUT2D eigenvalue weighted by Gasteiger charge is 2.20. The van der Waals surface area contributed by atoms with Crippen molar-refractivity contribution < 1.29 is 4.79 Å². The van der Waals surface area contributed by atoms with Gasteiger partial charge in [0.25, 0.3) is 0 Å². The van der Waals surface area contributed by atoms with Crippen molar-refractivity contribution in [3.8, 4) is 0 Å². The highest BCUT2D eigenvalue weighted by atomic mass is 79.9. The first-order valence-electron chi connectivity index (χ1n) is 9.98. The molecule has 0 saturated carbocycles. The normalized spacial score (nSPS) is 15.8. The molecule has 2 aromatic carbocycles. The lowest BCUT2D eigenvalue weighted by Gasteiger charge is -2.32. The van der Waals surface area contributed by atoms with E-state index in [-0.39, 0.29) is 5.91 Å². The van der Waals surface area contributed by atoms with Gasteiger partial charge < -0.3 is 9.88 Å². The molecule has 1 aromatic heterocycles. The summed E-state index contributed by atoms with van der Waals surface area (Å²) in [4.78, 5) is 14.9. The van der Waals surface area contributed by atoms with E-state index in [4.69, 9.17) is 0 Å². The molecule has 4 rings (SSSR count). The zero-order valence-electron chi connectivity index (χ0n) is 16.0. The summed E-state index contributed by atoms with van der Waals surface area (Å²) >= 11 is 3.58. The van der Waals surface area contributed by atoms with Crippen LogP contribution in [0.15, 0.2) is 65.3 Å². The number of rotatable bonds is 6. The summed E-state index contributed by atoms with van der Waals surface area (Å²) in [6.07, 6.45) is 4.63. The number of aryl methyl sites for hydroxylation is 1. The molecule has 4 nitrogen and oxygen atoms in total. The number of hydrogen-bond donors (Lipinski definition) is 1. The first-order chi connectivity index (χ1) is 13.7. The van der Waals surface area contributed by atoms with Gasteiger partial charge >= 0.3 is 0 Å². The van der Waals surface area contributed by atoms with Gasteiger partial charge in [0.1, 0.15) is 0 Å². The number of nitrogens with zero attached hydrogens (tertiary/aromatic N) is 2. The fraction of sp³-hybridized carbons (Fsp3) is 0.348. The minimum atomic E-state index is 0.151. The molecule has 3 aromatic rings. The molecule has 5 heteroatoms. The molecule has 1 fully saturated rings. The molecule has 0 unspecified atom stereocenters. The second-order valence-corrected chi connectivity index (χ2v) is 8.39. The lowest BCUT2D eigenvalue weighted by Crippen LogP contribution is -2.44. The SMILES string of the molecule is O=C(CCn1ccc2c(Br)cccc21)NC1CCN(Cc2ccccc2)CC1. The molecule has 0 atom stereocenters. The molecule has 2 heterocycles. The van der Waals surface area contributed by atoms with Gasteiger partial charge in [-0.25, -0.2) is 0 Å². The Labute approximate surface area is 174 Å². The van der Waals surface area contributed by atoms with E-state index >= 15 is 0 Å². The number of benzene rings is 2. The highest BCUT2D eigenvalue weighted by Crippen LogP contribution is 2.24. The van der Waals surface area contributed by atoms with Crippen molar-refractivity contribution in [2.45, 2.75) is 38.4 Å². The van der Waals surface area contributed by atoms with E-state index in [9.17, 15) is 4.79 Å². The van der Waals surface area contributed by atoms with Crippen molar-refractivity contribution in [1.29, 1.82) is 0 Å². The van der Waals surface area contributed by atoms with Gasteiger partial charge in [-0.05, 0) is 36.6 Å². The summed E-state index contributed by atoms with van der Waals surface area (Å²) in [6.45, 7) is 3.78. The Morgan fingerprint density at radius 2 is 1.82 bits per heavy atom. The van der Waals surface area contributed by atoms with E-state index in [0.29, 0.717) is 19.0 Å². The Morgan fingerprint density at radius 3 is 2.61 bits per heavy atom. The number of amides is 1. The summed E-state index contributed by atoms with van der Waals surface area (Å²) in [7, 11) is 0. The zero-order chi connectivity index (χ0) is 19.3. The van der Waals surface area contributed by atoms with E-state index in [1.54, 1.807) is 0 Å². The predicted octanol–water partition coefficient (Wildman–Crippen LogP) is 4.57. The third-order valence-corrected chi connectivity index (χ3v) is 6.23. The van der Waals surface area contributed by atoms with Crippen LogP contribution in [0.4, 0.5) is 0 Å². The summed E-state index contributed by atoms with van der Waals surface area (Å²) < 4.78 is 3.25. The van der Waals surface area contributed by atoms with Crippen LogP contribution in [0.1, 0.15) is 24.8 Å². The number of fused-ring (bicyclic) bond motifs is 1. The maximum Gasteiger partial charge on any atom is 0.222 e. The van der Waals surface area contributed by atoms with Crippen LogP contribution >= 0.6 is 15.9 Å². The topological polar surface area (TPSA) is 37.3 Å². The summed E-state index contributed by atoms with van der Waals surface area (Å²) in [5.74, 6) is 0.151. The van der Waals surface area contributed by atoms with Crippen LogP contribution in [0.25, 0.3) is 10.9 Å². The van der Waals surface area contributed by atoms with Gasteiger partial charge in [0, 0.05) is 60.2 Å². The third kappa shape index (κ3) is 4.65. The molecule has 0 spiro atoms. The average molecular weight is 440 g/mol. The first kappa shape index (κ1) is 19.2. The van der Waals surface area contributed by atoms with Crippen LogP contribution < -0.4 is 5.32 Å². The van der Waals surface area contributed by atoms with Crippen LogP contribution in [-0.2, 0) is 17.9 Å². The monoisotopic (exact) mass is 439 g/mol. The average Bonchev–Trinajstić information content (AvgIpc) is 3.13. The highest BCUT2D eigenvalue weighted by molar-refractivity contribution is 9.10. The number of piperidine rings is 1. The number of likely N-dealkylation sites (tertiary alicyclic amines) is 1. The Balaban J connectivity index is 1.23. The number of aromatic nitrogens is 1. The Hall–Kier alpha value is -2.11. The summed E-state index contributed by atoms with van der Waals surface area (Å²) in [5, 5.41) is 4.43. The van der Waals surface area contributed by atoms with E-state index in [1.165, 1.54) is 10.9 Å².